The molecule has 6 heterocycles. The van der Waals surface area contributed by atoms with E-state index in [4.69, 9.17) is 9.97 Å². The van der Waals surface area contributed by atoms with Crippen LogP contribution in [0.15, 0.2) is 42.7 Å². The lowest BCUT2D eigenvalue weighted by atomic mass is 9.67. The number of aromatic nitrogens is 6. The highest BCUT2D eigenvalue weighted by atomic mass is 19.1. The third-order valence-electron chi connectivity index (χ3n) is 12.2. The number of H-pyrrole nitrogens is 2. The second-order valence-corrected chi connectivity index (χ2v) is 15.7. The van der Waals surface area contributed by atoms with Gasteiger partial charge in [-0.1, -0.05) is 13.0 Å². The Balaban J connectivity index is 0.836. The minimum Gasteiger partial charge on any atom is -0.505 e. The van der Waals surface area contributed by atoms with E-state index in [-0.39, 0.29) is 11.7 Å². The zero-order valence-corrected chi connectivity index (χ0v) is 30.5. The number of nitrogens with zero attached hydrogens (tertiary/aromatic N) is 8. The Kier molecular flexibility index (Phi) is 8.65. The number of anilines is 1. The summed E-state index contributed by atoms with van der Waals surface area (Å²) in [6.45, 7) is 9.47. The Hall–Kier alpha value is -4.88. The lowest BCUT2D eigenvalue weighted by molar-refractivity contribution is -0.0297. The van der Waals surface area contributed by atoms with Gasteiger partial charge in [-0.05, 0) is 91.9 Å². The molecule has 3 fully saturated rings. The van der Waals surface area contributed by atoms with Crippen LogP contribution in [0.25, 0.3) is 33.5 Å². The molecule has 53 heavy (non-hydrogen) atoms. The Labute approximate surface area is 308 Å². The number of nitrogens with one attached hydrogen (secondary N) is 2. The van der Waals surface area contributed by atoms with Crippen molar-refractivity contribution in [2.24, 2.45) is 5.41 Å². The van der Waals surface area contributed by atoms with Crippen molar-refractivity contribution >= 4 is 22.6 Å². The van der Waals surface area contributed by atoms with Crippen LogP contribution in [0.3, 0.4) is 0 Å². The number of aromatic amines is 2. The summed E-state index contributed by atoms with van der Waals surface area (Å²) < 4.78 is 14.3. The van der Waals surface area contributed by atoms with Crippen molar-refractivity contribution in [3.05, 3.63) is 71.2 Å². The molecular formula is C40H47FN10O2. The van der Waals surface area contributed by atoms with Crippen molar-refractivity contribution < 1.29 is 14.3 Å². The molecule has 9 rings (SSSR count). The largest absolute Gasteiger partial charge is 0.505 e. The molecule has 3 N–H and O–H groups in total. The number of carbonyl (C=O) groups excluding carboxylic acids is 1. The van der Waals surface area contributed by atoms with E-state index >= 15 is 0 Å². The number of rotatable bonds is 6. The predicted molar refractivity (Wildman–Crippen MR) is 201 cm³/mol. The summed E-state index contributed by atoms with van der Waals surface area (Å²) in [5, 5.41) is 18.4. The molecule has 12 nitrogen and oxygen atoms in total. The zero-order valence-electron chi connectivity index (χ0n) is 30.5. The van der Waals surface area contributed by atoms with Gasteiger partial charge in [0.1, 0.15) is 17.2 Å². The molecule has 1 saturated carbocycles. The number of amides is 1. The van der Waals surface area contributed by atoms with Crippen LogP contribution in [0.2, 0.25) is 0 Å². The van der Waals surface area contributed by atoms with Gasteiger partial charge in [-0.3, -0.25) is 14.8 Å². The minimum absolute atomic E-state index is 0.149. The lowest BCUT2D eigenvalue weighted by Gasteiger charge is -2.53. The standard InChI is InChI=1S/C40H47FN10O2/c1-3-25-18-35(52)30(41)19-29(25)26-5-6-28-32(17-26)46-47-37(28)38-44-31-9-14-51(22-34(31)45-38)39(53)33-20-43-36(21-42-33)50-13-4-12-49(15-16-50)27-7-10-40(11-8-27)23-48(2)24-40/h5-6,17-21,27,52H,3-4,7-16,22-24H2,1-2H3,(H,44,45)(H,46,47). The second kappa shape index (κ2) is 13.5. The molecule has 3 aliphatic heterocycles. The van der Waals surface area contributed by atoms with Crippen molar-refractivity contribution in [3.63, 3.8) is 0 Å². The average Bonchev–Trinajstić information content (AvgIpc) is 3.71. The van der Waals surface area contributed by atoms with E-state index < -0.39 is 5.82 Å². The number of benzene rings is 2. The number of hydrogen-bond donors (Lipinski definition) is 3. The first-order valence-electron chi connectivity index (χ1n) is 19.1. The highest BCUT2D eigenvalue weighted by Crippen LogP contribution is 2.44. The van der Waals surface area contributed by atoms with Crippen LogP contribution in [0, 0.1) is 11.2 Å². The molecule has 1 spiro atoms. The Bertz CT molecular complexity index is 2150. The highest BCUT2D eigenvalue weighted by molar-refractivity contribution is 5.94. The van der Waals surface area contributed by atoms with Crippen LogP contribution in [-0.2, 0) is 19.4 Å². The van der Waals surface area contributed by atoms with Gasteiger partial charge < -0.3 is 24.8 Å². The molecule has 2 aromatic carbocycles. The van der Waals surface area contributed by atoms with Gasteiger partial charge in [0.2, 0.25) is 0 Å². The predicted octanol–water partition coefficient (Wildman–Crippen LogP) is 5.40. The van der Waals surface area contributed by atoms with Gasteiger partial charge in [0.05, 0.1) is 30.1 Å². The molecule has 0 unspecified atom stereocenters. The van der Waals surface area contributed by atoms with E-state index in [1.807, 2.05) is 25.1 Å². The van der Waals surface area contributed by atoms with Crippen LogP contribution in [0.5, 0.6) is 5.75 Å². The SMILES string of the molecule is CCc1cc(O)c(F)cc1-c1ccc2c(-c3nc4c([nH]3)CCN(C(=O)c3cnc(N5CCCN(C6CCC7(CC6)CN(C)C7)CC5)cn3)C4)n[nH]c2c1. The molecule has 1 amide bonds. The fourth-order valence-electron chi connectivity index (χ4n) is 9.39. The summed E-state index contributed by atoms with van der Waals surface area (Å²) in [5.41, 5.74) is 6.63. The molecule has 0 radical (unpaired) electrons. The Morgan fingerprint density at radius 2 is 1.89 bits per heavy atom. The van der Waals surface area contributed by atoms with Crippen molar-refractivity contribution in [1.29, 1.82) is 0 Å². The number of halogens is 1. The molecule has 13 heteroatoms. The highest BCUT2D eigenvalue weighted by Gasteiger charge is 2.44. The van der Waals surface area contributed by atoms with Gasteiger partial charge in [-0.25, -0.2) is 19.3 Å². The molecule has 4 aliphatic rings. The van der Waals surface area contributed by atoms with Gasteiger partial charge in [-0.15, -0.1) is 0 Å². The lowest BCUT2D eigenvalue weighted by Crippen LogP contribution is -2.57. The average molecular weight is 719 g/mol. The van der Waals surface area contributed by atoms with Crippen LogP contribution >= 0.6 is 0 Å². The zero-order chi connectivity index (χ0) is 36.3. The third kappa shape index (κ3) is 6.33. The van der Waals surface area contributed by atoms with E-state index in [1.54, 1.807) is 17.3 Å². The summed E-state index contributed by atoms with van der Waals surface area (Å²) in [6.07, 6.45) is 11.1. The maximum atomic E-state index is 14.3. The Morgan fingerprint density at radius 3 is 2.66 bits per heavy atom. The smallest absolute Gasteiger partial charge is 0.274 e. The fourth-order valence-corrected chi connectivity index (χ4v) is 9.39. The molecule has 2 saturated heterocycles. The summed E-state index contributed by atoms with van der Waals surface area (Å²) in [4.78, 5) is 40.5. The maximum Gasteiger partial charge on any atom is 0.274 e. The molecule has 3 aromatic heterocycles. The first kappa shape index (κ1) is 33.9. The number of imidazole rings is 1. The van der Waals surface area contributed by atoms with E-state index in [9.17, 15) is 14.3 Å². The van der Waals surface area contributed by atoms with Crippen LogP contribution in [0.4, 0.5) is 10.2 Å². The van der Waals surface area contributed by atoms with Gasteiger partial charge in [0.15, 0.2) is 17.4 Å². The fraction of sp³-hybridized carbons (Fsp3) is 0.475. The number of likely N-dealkylation sites (tertiary alicyclic amines) is 1. The Morgan fingerprint density at radius 1 is 1.04 bits per heavy atom. The van der Waals surface area contributed by atoms with Gasteiger partial charge >= 0.3 is 0 Å². The monoisotopic (exact) mass is 718 g/mol. The van der Waals surface area contributed by atoms with Crippen molar-refractivity contribution in [1.82, 2.24) is 44.8 Å². The number of fused-ring (bicyclic) bond motifs is 2. The minimum atomic E-state index is -0.649. The number of phenolic OH excluding ortho intramolecular Hbond substituents is 1. The van der Waals surface area contributed by atoms with Crippen LogP contribution in [-0.4, -0.2) is 115 Å². The van der Waals surface area contributed by atoms with E-state index in [2.05, 4.69) is 41.9 Å². The second-order valence-electron chi connectivity index (χ2n) is 15.7. The van der Waals surface area contributed by atoms with Crippen LogP contribution < -0.4 is 4.90 Å². The molecule has 0 atom stereocenters. The first-order valence-corrected chi connectivity index (χ1v) is 19.1. The summed E-state index contributed by atoms with van der Waals surface area (Å²) in [5.74, 6) is 0.323. The normalized spacial score (nSPS) is 19.8. The number of aromatic hydroxyl groups is 1. The summed E-state index contributed by atoms with van der Waals surface area (Å²) in [6, 6.07) is 9.38. The van der Waals surface area contributed by atoms with Crippen molar-refractivity contribution in [3.8, 4) is 28.4 Å². The molecule has 1 aliphatic carbocycles. The topological polar surface area (TPSA) is 133 Å². The molecule has 0 bridgehead atoms. The van der Waals surface area contributed by atoms with E-state index in [1.165, 1.54) is 50.9 Å². The number of hydrogen-bond acceptors (Lipinski definition) is 9. The summed E-state index contributed by atoms with van der Waals surface area (Å²) in [7, 11) is 2.24. The van der Waals surface area contributed by atoms with Gasteiger partial charge in [0.25, 0.3) is 5.91 Å². The van der Waals surface area contributed by atoms with E-state index in [0.29, 0.717) is 54.6 Å². The summed E-state index contributed by atoms with van der Waals surface area (Å²) >= 11 is 0. The molecule has 5 aromatic rings. The molecule has 276 valence electrons. The maximum absolute atomic E-state index is 14.3. The van der Waals surface area contributed by atoms with Crippen molar-refractivity contribution in [2.75, 3.05) is 57.8 Å². The number of phenols is 1. The third-order valence-corrected chi connectivity index (χ3v) is 12.2. The van der Waals surface area contributed by atoms with Gasteiger partial charge in [-0.2, -0.15) is 5.10 Å². The quantitative estimate of drug-likeness (QED) is 0.211. The first-order chi connectivity index (χ1) is 25.8. The van der Waals surface area contributed by atoms with E-state index in [0.717, 1.165) is 77.4 Å². The van der Waals surface area contributed by atoms with Gasteiger partial charge in [0, 0.05) is 69.4 Å². The van der Waals surface area contributed by atoms with Crippen molar-refractivity contribution in [2.45, 2.75) is 64.5 Å². The number of carbonyl (C=O) groups is 1. The number of aryl methyl sites for hydroxylation is 1. The molecular weight excluding hydrogens is 672 g/mol. The van der Waals surface area contributed by atoms with Crippen LogP contribution in [0.1, 0.15) is 66.5 Å².